The van der Waals surface area contributed by atoms with E-state index in [2.05, 4.69) is 21.6 Å². The molecular formula is C11H17N5OS. The number of nitrogens with zero attached hydrogens (tertiary/aromatic N) is 3. The van der Waals surface area contributed by atoms with Crippen molar-refractivity contribution in [3.05, 3.63) is 10.5 Å². The van der Waals surface area contributed by atoms with Gasteiger partial charge in [-0.15, -0.1) is 5.10 Å². The number of thioether (sulfide) groups is 1. The molecule has 0 saturated heterocycles. The van der Waals surface area contributed by atoms with Gasteiger partial charge in [-0.1, -0.05) is 18.7 Å². The number of H-pyrrole nitrogens is 1. The van der Waals surface area contributed by atoms with Crippen LogP contribution in [0.2, 0.25) is 0 Å². The third-order valence-electron chi connectivity index (χ3n) is 2.83. The highest BCUT2D eigenvalue weighted by Gasteiger charge is 2.28. The van der Waals surface area contributed by atoms with Gasteiger partial charge in [0.25, 0.3) is 0 Å². The molecular weight excluding hydrogens is 250 g/mol. The third kappa shape index (κ3) is 3.15. The first-order valence-electron chi connectivity index (χ1n) is 6.19. The number of hydrogen-bond donors (Lipinski definition) is 2. The first kappa shape index (κ1) is 13.2. The fourth-order valence-electron chi connectivity index (χ4n) is 1.77. The molecule has 6 nitrogen and oxygen atoms in total. The van der Waals surface area contributed by atoms with Gasteiger partial charge < -0.3 is 5.32 Å². The zero-order valence-electron chi connectivity index (χ0n) is 10.3. The summed E-state index contributed by atoms with van der Waals surface area (Å²) in [5, 5.41) is 19.3. The second-order valence-electron chi connectivity index (χ2n) is 4.29. The minimum Gasteiger partial charge on any atom is -0.302 e. The van der Waals surface area contributed by atoms with E-state index in [-0.39, 0.29) is 11.7 Å². The Morgan fingerprint density at radius 3 is 3.11 bits per heavy atom. The predicted molar refractivity (Wildman–Crippen MR) is 69.5 cm³/mol. The minimum absolute atomic E-state index is 0.122. The fourth-order valence-corrected chi connectivity index (χ4v) is 2.79. The second-order valence-corrected chi connectivity index (χ2v) is 5.35. The van der Waals surface area contributed by atoms with E-state index in [9.17, 15) is 4.79 Å². The van der Waals surface area contributed by atoms with Gasteiger partial charge in [0.05, 0.1) is 12.1 Å². The van der Waals surface area contributed by atoms with Crippen molar-refractivity contribution in [3.63, 3.8) is 0 Å². The van der Waals surface area contributed by atoms with E-state index in [0.717, 1.165) is 36.7 Å². The SMILES string of the molecule is CCNC(C#N)CCSc1n[nH]c(=O)n1C1CC1. The molecule has 0 aromatic carbocycles. The topological polar surface area (TPSA) is 86.5 Å². The number of nitriles is 1. The van der Waals surface area contributed by atoms with Crippen molar-refractivity contribution in [2.24, 2.45) is 0 Å². The molecule has 7 heteroatoms. The molecule has 1 saturated carbocycles. The van der Waals surface area contributed by atoms with Crippen molar-refractivity contribution in [2.75, 3.05) is 12.3 Å². The zero-order chi connectivity index (χ0) is 13.0. The van der Waals surface area contributed by atoms with Crippen LogP contribution in [-0.4, -0.2) is 33.1 Å². The van der Waals surface area contributed by atoms with Crippen molar-refractivity contribution in [2.45, 2.75) is 43.4 Å². The van der Waals surface area contributed by atoms with Crippen LogP contribution >= 0.6 is 11.8 Å². The van der Waals surface area contributed by atoms with Crippen molar-refractivity contribution >= 4 is 11.8 Å². The highest BCUT2D eigenvalue weighted by Crippen LogP contribution is 2.36. The largest absolute Gasteiger partial charge is 0.344 e. The Morgan fingerprint density at radius 1 is 1.72 bits per heavy atom. The Kier molecular flexibility index (Phi) is 4.44. The van der Waals surface area contributed by atoms with E-state index in [1.807, 2.05) is 6.92 Å². The molecule has 1 fully saturated rings. The van der Waals surface area contributed by atoms with Gasteiger partial charge >= 0.3 is 5.69 Å². The van der Waals surface area contributed by atoms with Crippen molar-refractivity contribution < 1.29 is 0 Å². The van der Waals surface area contributed by atoms with E-state index >= 15 is 0 Å². The smallest absolute Gasteiger partial charge is 0.302 e. The van der Waals surface area contributed by atoms with Crippen LogP contribution < -0.4 is 11.0 Å². The molecule has 0 amide bonds. The van der Waals surface area contributed by atoms with Crippen molar-refractivity contribution in [1.82, 2.24) is 20.1 Å². The summed E-state index contributed by atoms with van der Waals surface area (Å²) >= 11 is 1.54. The van der Waals surface area contributed by atoms with Crippen LogP contribution in [0.5, 0.6) is 0 Å². The Morgan fingerprint density at radius 2 is 2.50 bits per heavy atom. The lowest BCUT2D eigenvalue weighted by atomic mass is 10.2. The summed E-state index contributed by atoms with van der Waals surface area (Å²) in [6, 6.07) is 2.43. The van der Waals surface area contributed by atoms with Crippen LogP contribution in [0.25, 0.3) is 0 Å². The number of aromatic amines is 1. The average molecular weight is 267 g/mol. The first-order chi connectivity index (χ1) is 8.76. The molecule has 2 N–H and O–H groups in total. The second kappa shape index (κ2) is 6.07. The van der Waals surface area contributed by atoms with E-state index in [0.29, 0.717) is 6.04 Å². The standard InChI is InChI=1S/C11H17N5OS/c1-2-13-8(7-12)5-6-18-11-15-14-10(17)16(11)9-3-4-9/h8-9,13H,2-6H2,1H3,(H,14,17). The van der Waals surface area contributed by atoms with Gasteiger partial charge in [-0.2, -0.15) is 5.26 Å². The Bertz CT molecular complexity index is 484. The molecule has 0 aliphatic heterocycles. The minimum atomic E-state index is -0.123. The molecule has 1 aliphatic carbocycles. The molecule has 1 aliphatic rings. The summed E-state index contributed by atoms with van der Waals surface area (Å²) in [4.78, 5) is 11.5. The fraction of sp³-hybridized carbons (Fsp3) is 0.727. The Hall–Kier alpha value is -1.26. The number of hydrogen-bond acceptors (Lipinski definition) is 5. The maximum atomic E-state index is 11.5. The van der Waals surface area contributed by atoms with E-state index in [4.69, 9.17) is 5.26 Å². The Balaban J connectivity index is 1.87. The van der Waals surface area contributed by atoms with Crippen LogP contribution in [0.3, 0.4) is 0 Å². The number of rotatable bonds is 7. The molecule has 1 aromatic heterocycles. The van der Waals surface area contributed by atoms with Crippen LogP contribution in [-0.2, 0) is 0 Å². The molecule has 98 valence electrons. The lowest BCUT2D eigenvalue weighted by molar-refractivity contribution is 0.610. The maximum Gasteiger partial charge on any atom is 0.344 e. The summed E-state index contributed by atoms with van der Waals surface area (Å²) in [5.74, 6) is 0.780. The van der Waals surface area contributed by atoms with Crippen LogP contribution in [0.15, 0.2) is 9.95 Å². The molecule has 2 rings (SSSR count). The molecule has 0 bridgehead atoms. The van der Waals surface area contributed by atoms with E-state index < -0.39 is 0 Å². The molecule has 0 spiro atoms. The molecule has 1 aromatic rings. The van der Waals surface area contributed by atoms with Crippen LogP contribution in [0.1, 0.15) is 32.2 Å². The van der Waals surface area contributed by atoms with Gasteiger partial charge in [-0.05, 0) is 25.8 Å². The molecule has 1 heterocycles. The molecule has 0 radical (unpaired) electrons. The zero-order valence-corrected chi connectivity index (χ0v) is 11.2. The molecule has 18 heavy (non-hydrogen) atoms. The molecule has 1 atom stereocenters. The van der Waals surface area contributed by atoms with Crippen molar-refractivity contribution in [3.8, 4) is 6.07 Å². The van der Waals surface area contributed by atoms with Gasteiger partial charge in [0.15, 0.2) is 5.16 Å². The monoisotopic (exact) mass is 267 g/mol. The predicted octanol–water partition coefficient (Wildman–Crippen LogP) is 0.890. The van der Waals surface area contributed by atoms with E-state index in [1.165, 1.54) is 11.8 Å². The lowest BCUT2D eigenvalue weighted by Crippen LogP contribution is -2.27. The van der Waals surface area contributed by atoms with E-state index in [1.54, 1.807) is 4.57 Å². The van der Waals surface area contributed by atoms with Gasteiger partial charge in [0.2, 0.25) is 0 Å². The highest BCUT2D eigenvalue weighted by atomic mass is 32.2. The maximum absolute atomic E-state index is 11.5. The molecule has 1 unspecified atom stereocenters. The van der Waals surface area contributed by atoms with Gasteiger partial charge in [0.1, 0.15) is 0 Å². The highest BCUT2D eigenvalue weighted by molar-refractivity contribution is 7.99. The lowest BCUT2D eigenvalue weighted by Gasteiger charge is -2.08. The van der Waals surface area contributed by atoms with Gasteiger partial charge in [0, 0.05) is 11.8 Å². The van der Waals surface area contributed by atoms with Gasteiger partial charge in [-0.25, -0.2) is 9.89 Å². The van der Waals surface area contributed by atoms with Crippen LogP contribution in [0, 0.1) is 11.3 Å². The summed E-state index contributed by atoms with van der Waals surface area (Å²) in [6.07, 6.45) is 2.87. The van der Waals surface area contributed by atoms with Crippen LogP contribution in [0.4, 0.5) is 0 Å². The normalized spacial score (nSPS) is 16.4. The quantitative estimate of drug-likeness (QED) is 0.716. The average Bonchev–Trinajstić information content (AvgIpc) is 3.13. The first-order valence-corrected chi connectivity index (χ1v) is 7.17. The summed E-state index contributed by atoms with van der Waals surface area (Å²) in [7, 11) is 0. The van der Waals surface area contributed by atoms with Crippen molar-refractivity contribution in [1.29, 1.82) is 5.26 Å². The summed E-state index contributed by atoms with van der Waals surface area (Å²) < 4.78 is 1.74. The van der Waals surface area contributed by atoms with Gasteiger partial charge in [-0.3, -0.25) is 4.57 Å². The Labute approximate surface area is 110 Å². The summed E-state index contributed by atoms with van der Waals surface area (Å²) in [6.45, 7) is 2.77. The summed E-state index contributed by atoms with van der Waals surface area (Å²) in [5.41, 5.74) is -0.122. The number of aromatic nitrogens is 3. The third-order valence-corrected chi connectivity index (χ3v) is 3.81. The number of nitrogens with one attached hydrogen (secondary N) is 2.